The molecular weight excluding hydrogens is 215 g/mol. The first kappa shape index (κ1) is 6.01. The molecule has 0 aromatic heterocycles. The fraction of sp³-hybridized carbons (Fsp3) is 0.167. The van der Waals surface area contributed by atoms with E-state index >= 15 is 0 Å². The lowest BCUT2D eigenvalue weighted by Crippen LogP contribution is -1.94. The summed E-state index contributed by atoms with van der Waals surface area (Å²) in [5, 5.41) is 0. The van der Waals surface area contributed by atoms with Gasteiger partial charge in [-0.25, -0.2) is 0 Å². The van der Waals surface area contributed by atoms with Crippen molar-refractivity contribution in [1.29, 1.82) is 0 Å². The van der Waals surface area contributed by atoms with E-state index in [9.17, 15) is 4.79 Å². The van der Waals surface area contributed by atoms with Gasteiger partial charge in [0.2, 0.25) is 0 Å². The number of carbonyl (C=O) groups excluding carboxylic acids is 1. The number of carbonyl (C=O) groups is 1. The molecule has 0 aromatic rings. The second-order valence-electron chi connectivity index (χ2n) is 1.62. The highest BCUT2D eigenvalue weighted by Crippen LogP contribution is 2.14. The molecule has 0 unspecified atom stereocenters. The average molecular weight is 220 g/mol. The van der Waals surface area contributed by atoms with Gasteiger partial charge in [-0.2, -0.15) is 0 Å². The van der Waals surface area contributed by atoms with Gasteiger partial charge in [-0.05, 0) is 32.2 Å². The predicted molar refractivity (Wildman–Crippen MR) is 40.9 cm³/mol. The first-order valence-electron chi connectivity index (χ1n) is 2.34. The Morgan fingerprint density at radius 2 is 2.38 bits per heavy atom. The van der Waals surface area contributed by atoms with E-state index in [0.29, 0.717) is 6.42 Å². The van der Waals surface area contributed by atoms with Gasteiger partial charge in [0.15, 0.2) is 5.78 Å². The number of ketones is 1. The van der Waals surface area contributed by atoms with Gasteiger partial charge in [0, 0.05) is 6.42 Å². The monoisotopic (exact) mass is 220 g/mol. The number of hydrogen-bond acceptors (Lipinski definition) is 1. The van der Waals surface area contributed by atoms with Gasteiger partial charge in [-0.1, -0.05) is 12.2 Å². The molecular formula is C6H5IO. The van der Waals surface area contributed by atoms with E-state index in [1.807, 2.05) is 6.08 Å². The van der Waals surface area contributed by atoms with Crippen LogP contribution >= 0.6 is 22.6 Å². The van der Waals surface area contributed by atoms with Gasteiger partial charge in [-0.3, -0.25) is 4.79 Å². The van der Waals surface area contributed by atoms with Crippen LogP contribution in [0.5, 0.6) is 0 Å². The Kier molecular flexibility index (Phi) is 1.83. The molecule has 0 fully saturated rings. The summed E-state index contributed by atoms with van der Waals surface area (Å²) >= 11 is 2.16. The van der Waals surface area contributed by atoms with Crippen molar-refractivity contribution in [2.45, 2.75) is 6.42 Å². The average Bonchev–Trinajstić information content (AvgIpc) is 1.64. The van der Waals surface area contributed by atoms with E-state index < -0.39 is 0 Å². The number of allylic oxidation sites excluding steroid dienone is 4. The predicted octanol–water partition coefficient (Wildman–Crippen LogP) is 1.83. The Morgan fingerprint density at radius 1 is 1.62 bits per heavy atom. The maximum Gasteiger partial charge on any atom is 0.160 e. The Morgan fingerprint density at radius 3 is 2.75 bits per heavy atom. The molecule has 8 heavy (non-hydrogen) atoms. The Balaban J connectivity index is 2.73. The van der Waals surface area contributed by atoms with Crippen molar-refractivity contribution in [2.75, 3.05) is 0 Å². The summed E-state index contributed by atoms with van der Waals surface area (Å²) < 4.78 is 1.12. The lowest BCUT2D eigenvalue weighted by atomic mass is 10.2. The standard InChI is InChI=1S/C6H5IO/c7-5-2-1-3-6(8)4-5/h1-3H,4H2. The molecule has 0 heterocycles. The normalized spacial score (nSPS) is 18.6. The third-order valence-electron chi connectivity index (χ3n) is 0.902. The highest BCUT2D eigenvalue weighted by Gasteiger charge is 2.01. The van der Waals surface area contributed by atoms with Gasteiger partial charge in [0.05, 0.1) is 0 Å². The highest BCUT2D eigenvalue weighted by molar-refractivity contribution is 14.1. The molecule has 0 radical (unpaired) electrons. The Labute approximate surface area is 61.6 Å². The van der Waals surface area contributed by atoms with Crippen LogP contribution in [-0.2, 0) is 4.79 Å². The molecule has 0 bridgehead atoms. The molecule has 42 valence electrons. The van der Waals surface area contributed by atoms with Gasteiger partial charge >= 0.3 is 0 Å². The molecule has 0 amide bonds. The quantitative estimate of drug-likeness (QED) is 0.569. The highest BCUT2D eigenvalue weighted by atomic mass is 127. The molecule has 0 saturated heterocycles. The van der Waals surface area contributed by atoms with Crippen molar-refractivity contribution in [3.8, 4) is 0 Å². The molecule has 0 aromatic carbocycles. The maximum absolute atomic E-state index is 10.5. The molecule has 1 aliphatic rings. The van der Waals surface area contributed by atoms with Crippen LogP contribution in [0, 0.1) is 0 Å². The molecule has 0 N–H and O–H groups in total. The number of hydrogen-bond donors (Lipinski definition) is 0. The first-order chi connectivity index (χ1) is 3.79. The van der Waals surface area contributed by atoms with Crippen LogP contribution in [0.25, 0.3) is 0 Å². The van der Waals surface area contributed by atoms with Crippen molar-refractivity contribution >= 4 is 28.4 Å². The minimum Gasteiger partial charge on any atom is -0.294 e. The van der Waals surface area contributed by atoms with Crippen molar-refractivity contribution in [1.82, 2.24) is 0 Å². The topological polar surface area (TPSA) is 17.1 Å². The van der Waals surface area contributed by atoms with Crippen LogP contribution < -0.4 is 0 Å². The molecule has 0 spiro atoms. The van der Waals surface area contributed by atoms with E-state index in [0.717, 1.165) is 3.58 Å². The van der Waals surface area contributed by atoms with E-state index in [4.69, 9.17) is 0 Å². The molecule has 0 aliphatic heterocycles. The third-order valence-corrected chi connectivity index (χ3v) is 1.64. The summed E-state index contributed by atoms with van der Waals surface area (Å²) in [6.45, 7) is 0. The van der Waals surface area contributed by atoms with Crippen LogP contribution in [0.4, 0.5) is 0 Å². The molecule has 1 aliphatic carbocycles. The molecule has 0 atom stereocenters. The molecule has 2 heteroatoms. The van der Waals surface area contributed by atoms with E-state index in [1.165, 1.54) is 0 Å². The summed E-state index contributed by atoms with van der Waals surface area (Å²) in [6.07, 6.45) is 5.93. The van der Waals surface area contributed by atoms with E-state index in [2.05, 4.69) is 22.6 Å². The third kappa shape index (κ3) is 1.43. The zero-order chi connectivity index (χ0) is 5.98. The summed E-state index contributed by atoms with van der Waals surface area (Å²) in [6, 6.07) is 0. The SMILES string of the molecule is O=C1C=CC=C(I)C1. The van der Waals surface area contributed by atoms with Crippen LogP contribution in [0.3, 0.4) is 0 Å². The van der Waals surface area contributed by atoms with Gasteiger partial charge in [0.25, 0.3) is 0 Å². The van der Waals surface area contributed by atoms with Crippen molar-refractivity contribution in [2.24, 2.45) is 0 Å². The Bertz CT molecular complexity index is 167. The Hall–Kier alpha value is -0.120. The van der Waals surface area contributed by atoms with Crippen molar-refractivity contribution in [3.05, 3.63) is 21.8 Å². The lowest BCUT2D eigenvalue weighted by Gasteiger charge is -1.96. The second kappa shape index (κ2) is 2.44. The van der Waals surface area contributed by atoms with Crippen LogP contribution in [-0.4, -0.2) is 5.78 Å². The summed E-state index contributed by atoms with van der Waals surface area (Å²) in [5.74, 6) is 0.205. The summed E-state index contributed by atoms with van der Waals surface area (Å²) in [7, 11) is 0. The zero-order valence-electron chi connectivity index (χ0n) is 4.23. The maximum atomic E-state index is 10.5. The van der Waals surface area contributed by atoms with Crippen LogP contribution in [0.2, 0.25) is 0 Å². The lowest BCUT2D eigenvalue weighted by molar-refractivity contribution is -0.113. The van der Waals surface area contributed by atoms with Gasteiger partial charge < -0.3 is 0 Å². The fourth-order valence-corrected chi connectivity index (χ4v) is 1.13. The van der Waals surface area contributed by atoms with E-state index in [1.54, 1.807) is 12.2 Å². The number of rotatable bonds is 0. The molecule has 0 saturated carbocycles. The van der Waals surface area contributed by atoms with Crippen LogP contribution in [0.1, 0.15) is 6.42 Å². The minimum absolute atomic E-state index is 0.205. The van der Waals surface area contributed by atoms with Crippen LogP contribution in [0.15, 0.2) is 21.8 Å². The smallest absolute Gasteiger partial charge is 0.160 e. The van der Waals surface area contributed by atoms with E-state index in [-0.39, 0.29) is 5.78 Å². The zero-order valence-corrected chi connectivity index (χ0v) is 6.38. The minimum atomic E-state index is 0.205. The van der Waals surface area contributed by atoms with Gasteiger partial charge in [-0.15, -0.1) is 0 Å². The summed E-state index contributed by atoms with van der Waals surface area (Å²) in [4.78, 5) is 10.5. The van der Waals surface area contributed by atoms with Gasteiger partial charge in [0.1, 0.15) is 0 Å². The second-order valence-corrected chi connectivity index (χ2v) is 3.00. The van der Waals surface area contributed by atoms with Crippen molar-refractivity contribution < 1.29 is 4.79 Å². The largest absolute Gasteiger partial charge is 0.294 e. The van der Waals surface area contributed by atoms with Crippen molar-refractivity contribution in [3.63, 3.8) is 0 Å². The summed E-state index contributed by atoms with van der Waals surface area (Å²) in [5.41, 5.74) is 0. The fourth-order valence-electron chi connectivity index (χ4n) is 0.544. The number of halogens is 1. The first-order valence-corrected chi connectivity index (χ1v) is 3.42. The molecule has 1 rings (SSSR count). The molecule has 1 nitrogen and oxygen atoms in total.